The molecule has 1 aliphatic heterocycles. The van der Waals surface area contributed by atoms with E-state index in [1.54, 1.807) is 13.8 Å². The predicted molar refractivity (Wildman–Crippen MR) is 108 cm³/mol. The molecular formula is C20H30N4O4. The topological polar surface area (TPSA) is 126 Å². The number of benzene rings is 1. The summed E-state index contributed by atoms with van der Waals surface area (Å²) in [4.78, 5) is 28.1. The van der Waals surface area contributed by atoms with Crippen molar-refractivity contribution in [3.05, 3.63) is 22.3 Å². The van der Waals surface area contributed by atoms with Gasteiger partial charge in [0.25, 0.3) is 5.91 Å². The highest BCUT2D eigenvalue weighted by atomic mass is 16.5. The summed E-state index contributed by atoms with van der Waals surface area (Å²) in [6.07, 6.45) is 1.15. The summed E-state index contributed by atoms with van der Waals surface area (Å²) >= 11 is 0. The van der Waals surface area contributed by atoms with Gasteiger partial charge in [0, 0.05) is 25.1 Å². The second-order valence-corrected chi connectivity index (χ2v) is 7.43. The number of hydrogen-bond acceptors (Lipinski definition) is 5. The van der Waals surface area contributed by atoms with Crippen molar-refractivity contribution in [2.45, 2.75) is 53.1 Å². The SMILES string of the molecule is CC(N)=NCC(=O)NCCNC(=O)C1(C)CCc2c(C)c(O)c(C)c(C)c2O1. The summed E-state index contributed by atoms with van der Waals surface area (Å²) in [6, 6.07) is 0. The number of aliphatic imine (C=N–C) groups is 1. The number of nitrogens with one attached hydrogen (secondary N) is 2. The lowest BCUT2D eigenvalue weighted by Crippen LogP contribution is -2.52. The van der Waals surface area contributed by atoms with Gasteiger partial charge in [0.2, 0.25) is 5.91 Å². The summed E-state index contributed by atoms with van der Waals surface area (Å²) < 4.78 is 6.13. The highest BCUT2D eigenvalue weighted by Gasteiger charge is 2.40. The Morgan fingerprint density at radius 1 is 1.18 bits per heavy atom. The van der Waals surface area contributed by atoms with Crippen LogP contribution in [0.3, 0.4) is 0 Å². The molecule has 0 fully saturated rings. The van der Waals surface area contributed by atoms with Gasteiger partial charge in [0.05, 0.1) is 5.84 Å². The highest BCUT2D eigenvalue weighted by molar-refractivity contribution is 5.86. The minimum Gasteiger partial charge on any atom is -0.507 e. The Morgan fingerprint density at radius 2 is 1.82 bits per heavy atom. The van der Waals surface area contributed by atoms with E-state index in [1.807, 2.05) is 20.8 Å². The van der Waals surface area contributed by atoms with Crippen LogP contribution in [0.5, 0.6) is 11.5 Å². The maximum Gasteiger partial charge on any atom is 0.263 e. The van der Waals surface area contributed by atoms with E-state index in [4.69, 9.17) is 10.5 Å². The van der Waals surface area contributed by atoms with Crippen molar-refractivity contribution in [2.75, 3.05) is 19.6 Å². The summed E-state index contributed by atoms with van der Waals surface area (Å²) in [5.41, 5.74) is 7.75. The third kappa shape index (κ3) is 4.55. The second kappa shape index (κ2) is 8.50. The lowest BCUT2D eigenvalue weighted by molar-refractivity contribution is -0.137. The lowest BCUT2D eigenvalue weighted by atomic mass is 9.86. The number of nitrogens with zero attached hydrogens (tertiary/aromatic N) is 1. The number of phenolic OH excluding ortho intramolecular Hbond substituents is 1. The first-order valence-corrected chi connectivity index (χ1v) is 9.39. The van der Waals surface area contributed by atoms with Gasteiger partial charge in [-0.15, -0.1) is 0 Å². The quantitative estimate of drug-likeness (QED) is 0.328. The molecule has 2 amide bonds. The fourth-order valence-electron chi connectivity index (χ4n) is 3.22. The van der Waals surface area contributed by atoms with Gasteiger partial charge in [-0.2, -0.15) is 0 Å². The molecule has 0 aromatic heterocycles. The maximum atomic E-state index is 12.7. The molecule has 1 unspecified atom stereocenters. The molecule has 2 rings (SSSR count). The van der Waals surface area contributed by atoms with Crippen LogP contribution in [0.2, 0.25) is 0 Å². The van der Waals surface area contributed by atoms with Gasteiger partial charge in [-0.25, -0.2) is 0 Å². The first-order valence-electron chi connectivity index (χ1n) is 9.39. The molecular weight excluding hydrogens is 360 g/mol. The Morgan fingerprint density at radius 3 is 2.46 bits per heavy atom. The summed E-state index contributed by atoms with van der Waals surface area (Å²) in [5, 5.41) is 15.7. The van der Waals surface area contributed by atoms with E-state index in [0.29, 0.717) is 31.0 Å². The molecule has 1 aromatic rings. The minimum absolute atomic E-state index is 0.0291. The lowest BCUT2D eigenvalue weighted by Gasteiger charge is -2.36. The Labute approximate surface area is 165 Å². The van der Waals surface area contributed by atoms with Gasteiger partial charge in [-0.1, -0.05) is 0 Å². The molecule has 8 nitrogen and oxygen atoms in total. The van der Waals surface area contributed by atoms with Crippen LogP contribution in [-0.4, -0.2) is 48.0 Å². The van der Waals surface area contributed by atoms with Crippen LogP contribution in [-0.2, 0) is 16.0 Å². The molecule has 0 saturated heterocycles. The zero-order valence-corrected chi connectivity index (χ0v) is 17.2. The minimum atomic E-state index is -1.00. The largest absolute Gasteiger partial charge is 0.507 e. The number of hydrogen-bond donors (Lipinski definition) is 4. The van der Waals surface area contributed by atoms with Gasteiger partial charge in [-0.3, -0.25) is 14.6 Å². The van der Waals surface area contributed by atoms with Crippen molar-refractivity contribution < 1.29 is 19.4 Å². The number of rotatable bonds is 6. The Hall–Kier alpha value is -2.77. The van der Waals surface area contributed by atoms with E-state index in [0.717, 1.165) is 22.3 Å². The van der Waals surface area contributed by atoms with Crippen LogP contribution in [0.15, 0.2) is 4.99 Å². The summed E-state index contributed by atoms with van der Waals surface area (Å²) in [5.74, 6) is 0.832. The molecule has 1 atom stereocenters. The smallest absolute Gasteiger partial charge is 0.263 e. The van der Waals surface area contributed by atoms with E-state index in [1.165, 1.54) is 0 Å². The van der Waals surface area contributed by atoms with Crippen molar-refractivity contribution in [1.82, 2.24) is 10.6 Å². The van der Waals surface area contributed by atoms with Crippen molar-refractivity contribution >= 4 is 17.6 Å². The first kappa shape index (κ1) is 21.5. The molecule has 8 heteroatoms. The van der Waals surface area contributed by atoms with Gasteiger partial charge >= 0.3 is 0 Å². The molecule has 28 heavy (non-hydrogen) atoms. The van der Waals surface area contributed by atoms with Gasteiger partial charge < -0.3 is 26.2 Å². The number of amides is 2. The molecule has 154 valence electrons. The normalized spacial score (nSPS) is 18.8. The van der Waals surface area contributed by atoms with Crippen molar-refractivity contribution in [3.8, 4) is 11.5 Å². The fourth-order valence-corrected chi connectivity index (χ4v) is 3.22. The molecule has 0 bridgehead atoms. The molecule has 1 aromatic carbocycles. The van der Waals surface area contributed by atoms with Crippen LogP contribution < -0.4 is 21.1 Å². The fraction of sp³-hybridized carbons (Fsp3) is 0.550. The van der Waals surface area contributed by atoms with Crippen molar-refractivity contribution in [2.24, 2.45) is 10.7 Å². The second-order valence-electron chi connectivity index (χ2n) is 7.43. The number of ether oxygens (including phenoxy) is 1. The van der Waals surface area contributed by atoms with E-state index >= 15 is 0 Å². The van der Waals surface area contributed by atoms with E-state index < -0.39 is 5.60 Å². The predicted octanol–water partition coefficient (Wildman–Crippen LogP) is 1.01. The molecule has 1 aliphatic rings. The number of fused-ring (bicyclic) bond motifs is 1. The molecule has 0 saturated carbocycles. The monoisotopic (exact) mass is 390 g/mol. The first-order chi connectivity index (χ1) is 13.1. The van der Waals surface area contributed by atoms with Crippen molar-refractivity contribution in [1.29, 1.82) is 0 Å². The zero-order valence-electron chi connectivity index (χ0n) is 17.2. The Balaban J connectivity index is 1.97. The average molecular weight is 390 g/mol. The number of carbonyl (C=O) groups is 2. The van der Waals surface area contributed by atoms with Gasteiger partial charge in [0.15, 0.2) is 5.60 Å². The number of carbonyl (C=O) groups excluding carboxylic acids is 2. The van der Waals surface area contributed by atoms with E-state index in [2.05, 4.69) is 15.6 Å². The molecule has 0 radical (unpaired) electrons. The third-order valence-electron chi connectivity index (χ3n) is 5.20. The van der Waals surface area contributed by atoms with Crippen molar-refractivity contribution in [3.63, 3.8) is 0 Å². The van der Waals surface area contributed by atoms with Gasteiger partial charge in [-0.05, 0) is 57.7 Å². The number of amidine groups is 1. The highest BCUT2D eigenvalue weighted by Crippen LogP contribution is 2.43. The maximum absolute atomic E-state index is 12.7. The zero-order chi connectivity index (χ0) is 21.1. The Kier molecular flexibility index (Phi) is 6.53. The molecule has 0 aliphatic carbocycles. The Bertz CT molecular complexity index is 815. The molecule has 0 spiro atoms. The molecule has 1 heterocycles. The van der Waals surface area contributed by atoms with E-state index in [9.17, 15) is 14.7 Å². The van der Waals surface area contributed by atoms with Crippen LogP contribution in [0, 0.1) is 20.8 Å². The number of nitrogens with two attached hydrogens (primary N) is 1. The molecule has 5 N–H and O–H groups in total. The summed E-state index contributed by atoms with van der Waals surface area (Å²) in [6.45, 7) is 9.52. The van der Waals surface area contributed by atoms with Gasteiger partial charge in [0.1, 0.15) is 18.0 Å². The average Bonchev–Trinajstić information content (AvgIpc) is 2.66. The van der Waals surface area contributed by atoms with Crippen LogP contribution in [0.4, 0.5) is 0 Å². The van der Waals surface area contributed by atoms with Crippen LogP contribution >= 0.6 is 0 Å². The number of aromatic hydroxyl groups is 1. The third-order valence-corrected chi connectivity index (χ3v) is 5.20. The van der Waals surface area contributed by atoms with E-state index in [-0.39, 0.29) is 30.7 Å². The standard InChI is InChI=1S/C20H30N4O4/c1-11-12(2)18-15(13(3)17(11)26)6-7-20(5,28-18)19(27)23-9-8-22-16(25)10-24-14(4)21/h26H,6-10H2,1-5H3,(H2,21,24)(H,22,25)(H,23,27). The number of phenols is 1. The van der Waals surface area contributed by atoms with Crippen LogP contribution in [0.1, 0.15) is 42.5 Å². The van der Waals surface area contributed by atoms with Crippen LogP contribution in [0.25, 0.3) is 0 Å². The summed E-state index contributed by atoms with van der Waals surface area (Å²) in [7, 11) is 0.